The number of amides is 1. The van der Waals surface area contributed by atoms with Gasteiger partial charge in [-0.1, -0.05) is 30.3 Å². The van der Waals surface area contributed by atoms with Gasteiger partial charge in [-0.2, -0.15) is 0 Å². The van der Waals surface area contributed by atoms with Crippen LogP contribution in [0.5, 0.6) is 0 Å². The zero-order valence-corrected chi connectivity index (χ0v) is 11.1. The molecule has 19 heavy (non-hydrogen) atoms. The summed E-state index contributed by atoms with van der Waals surface area (Å²) < 4.78 is 0. The van der Waals surface area contributed by atoms with Crippen molar-refractivity contribution in [3.8, 4) is 0 Å². The number of nitrogens with zero attached hydrogens (tertiary/aromatic N) is 1. The average Bonchev–Trinajstić information content (AvgIpc) is 2.48. The highest BCUT2D eigenvalue weighted by Gasteiger charge is 2.35. The third kappa shape index (κ3) is 2.65. The fourth-order valence-corrected chi connectivity index (χ4v) is 3.21. The molecular weight excluding hydrogens is 238 g/mol. The number of rotatable bonds is 3. The first-order valence-electron chi connectivity index (χ1n) is 7.07. The van der Waals surface area contributed by atoms with E-state index in [1.807, 2.05) is 30.3 Å². The van der Waals surface area contributed by atoms with Crippen molar-refractivity contribution in [2.75, 3.05) is 19.6 Å². The second kappa shape index (κ2) is 5.31. The van der Waals surface area contributed by atoms with Crippen LogP contribution in [0, 0.1) is 5.92 Å². The molecule has 4 rings (SSSR count). The number of piperidine rings is 3. The standard InChI is InChI=1S/C15H21N3O/c16-14(12-4-2-1-3-5-12)15(19)17-13-10-18-8-6-11(13)7-9-18/h1-5,11,13-14H,6-10,16H2,(H,17,19)/t13?,14-/m0/s1. The molecule has 0 radical (unpaired) electrons. The summed E-state index contributed by atoms with van der Waals surface area (Å²) in [5.74, 6) is 0.585. The number of nitrogens with two attached hydrogens (primary N) is 1. The Morgan fingerprint density at radius 3 is 2.53 bits per heavy atom. The van der Waals surface area contributed by atoms with Crippen molar-refractivity contribution in [1.29, 1.82) is 0 Å². The zero-order valence-electron chi connectivity index (χ0n) is 11.1. The van der Waals surface area contributed by atoms with Gasteiger partial charge in [0.1, 0.15) is 6.04 Å². The lowest BCUT2D eigenvalue weighted by atomic mass is 9.84. The summed E-state index contributed by atoms with van der Waals surface area (Å²) in [7, 11) is 0. The normalized spacial score (nSPS) is 30.9. The van der Waals surface area contributed by atoms with E-state index < -0.39 is 6.04 Å². The Morgan fingerprint density at radius 1 is 1.26 bits per heavy atom. The maximum absolute atomic E-state index is 12.2. The van der Waals surface area contributed by atoms with Crippen molar-refractivity contribution in [1.82, 2.24) is 10.2 Å². The van der Waals surface area contributed by atoms with E-state index in [1.165, 1.54) is 25.9 Å². The third-order valence-corrected chi connectivity index (χ3v) is 4.42. The predicted molar refractivity (Wildman–Crippen MR) is 74.5 cm³/mol. The van der Waals surface area contributed by atoms with E-state index in [1.54, 1.807) is 0 Å². The minimum Gasteiger partial charge on any atom is -0.350 e. The second-order valence-electron chi connectivity index (χ2n) is 5.64. The topological polar surface area (TPSA) is 58.4 Å². The molecule has 4 heteroatoms. The number of carbonyl (C=O) groups excluding carboxylic acids is 1. The summed E-state index contributed by atoms with van der Waals surface area (Å²) >= 11 is 0. The van der Waals surface area contributed by atoms with Gasteiger partial charge in [0.25, 0.3) is 0 Å². The molecule has 3 aliphatic heterocycles. The van der Waals surface area contributed by atoms with E-state index >= 15 is 0 Å². The minimum atomic E-state index is -0.559. The van der Waals surface area contributed by atoms with Crippen LogP contribution in [0.15, 0.2) is 30.3 Å². The van der Waals surface area contributed by atoms with Gasteiger partial charge in [0.2, 0.25) is 5.91 Å². The van der Waals surface area contributed by atoms with Gasteiger partial charge in [-0.3, -0.25) is 4.79 Å². The first kappa shape index (κ1) is 12.6. The molecule has 102 valence electrons. The highest BCUT2D eigenvalue weighted by atomic mass is 16.2. The van der Waals surface area contributed by atoms with E-state index in [9.17, 15) is 4.79 Å². The molecular formula is C15H21N3O. The van der Waals surface area contributed by atoms with Crippen LogP contribution in [0.25, 0.3) is 0 Å². The molecule has 3 heterocycles. The molecule has 0 aliphatic carbocycles. The largest absolute Gasteiger partial charge is 0.350 e. The van der Waals surface area contributed by atoms with Crippen molar-refractivity contribution in [3.05, 3.63) is 35.9 Å². The van der Waals surface area contributed by atoms with Crippen LogP contribution in [-0.2, 0) is 4.79 Å². The molecule has 2 atom stereocenters. The van der Waals surface area contributed by atoms with Crippen LogP contribution in [0.4, 0.5) is 0 Å². The summed E-state index contributed by atoms with van der Waals surface area (Å²) in [6.45, 7) is 3.35. The van der Waals surface area contributed by atoms with E-state index in [4.69, 9.17) is 5.73 Å². The first-order valence-corrected chi connectivity index (χ1v) is 7.07. The lowest BCUT2D eigenvalue weighted by Crippen LogP contribution is -2.58. The van der Waals surface area contributed by atoms with Gasteiger partial charge >= 0.3 is 0 Å². The third-order valence-electron chi connectivity index (χ3n) is 4.42. The Bertz CT molecular complexity index is 440. The predicted octanol–water partition coefficient (Wildman–Crippen LogP) is 0.897. The van der Waals surface area contributed by atoms with Crippen LogP contribution in [0.1, 0.15) is 24.4 Å². The fourth-order valence-electron chi connectivity index (χ4n) is 3.21. The molecule has 1 aromatic carbocycles. The van der Waals surface area contributed by atoms with Gasteiger partial charge in [-0.25, -0.2) is 0 Å². The quantitative estimate of drug-likeness (QED) is 0.848. The summed E-state index contributed by atoms with van der Waals surface area (Å²) in [5.41, 5.74) is 6.90. The summed E-state index contributed by atoms with van der Waals surface area (Å²) in [5, 5.41) is 3.14. The van der Waals surface area contributed by atoms with Gasteiger partial charge in [0.15, 0.2) is 0 Å². The number of fused-ring (bicyclic) bond motifs is 3. The van der Waals surface area contributed by atoms with Crippen LogP contribution < -0.4 is 11.1 Å². The maximum Gasteiger partial charge on any atom is 0.241 e. The number of hydrogen-bond donors (Lipinski definition) is 2. The van der Waals surface area contributed by atoms with Crippen molar-refractivity contribution in [2.24, 2.45) is 11.7 Å². The van der Waals surface area contributed by atoms with E-state index in [-0.39, 0.29) is 11.9 Å². The zero-order chi connectivity index (χ0) is 13.2. The van der Waals surface area contributed by atoms with E-state index in [0.717, 1.165) is 12.1 Å². The number of carbonyl (C=O) groups is 1. The monoisotopic (exact) mass is 259 g/mol. The van der Waals surface area contributed by atoms with Gasteiger partial charge in [-0.05, 0) is 37.4 Å². The van der Waals surface area contributed by atoms with Gasteiger partial charge in [0.05, 0.1) is 0 Å². The van der Waals surface area contributed by atoms with Crippen LogP contribution in [0.2, 0.25) is 0 Å². The molecule has 3 N–H and O–H groups in total. The van der Waals surface area contributed by atoms with Gasteiger partial charge in [0, 0.05) is 12.6 Å². The van der Waals surface area contributed by atoms with E-state index in [0.29, 0.717) is 5.92 Å². The number of benzene rings is 1. The van der Waals surface area contributed by atoms with Crippen molar-refractivity contribution in [2.45, 2.75) is 24.9 Å². The lowest BCUT2D eigenvalue weighted by Gasteiger charge is -2.45. The summed E-state index contributed by atoms with van der Waals surface area (Å²) in [4.78, 5) is 14.7. The molecule has 0 saturated carbocycles. The fraction of sp³-hybridized carbons (Fsp3) is 0.533. The lowest BCUT2D eigenvalue weighted by molar-refractivity contribution is -0.124. The van der Waals surface area contributed by atoms with Gasteiger partial charge in [-0.15, -0.1) is 0 Å². The van der Waals surface area contributed by atoms with Crippen molar-refractivity contribution < 1.29 is 4.79 Å². The SMILES string of the molecule is N[C@H](C(=O)NC1CN2CCC1CC2)c1ccccc1. The molecule has 0 spiro atoms. The Kier molecular flexibility index (Phi) is 3.53. The smallest absolute Gasteiger partial charge is 0.241 e. The molecule has 1 aromatic rings. The molecule has 2 bridgehead atoms. The average molecular weight is 259 g/mol. The molecule has 1 amide bonds. The van der Waals surface area contributed by atoms with Crippen LogP contribution in [-0.4, -0.2) is 36.5 Å². The Hall–Kier alpha value is -1.39. The molecule has 3 aliphatic rings. The first-order chi connectivity index (χ1) is 9.24. The van der Waals surface area contributed by atoms with Crippen LogP contribution >= 0.6 is 0 Å². The molecule has 0 aromatic heterocycles. The number of nitrogens with one attached hydrogen (secondary N) is 1. The highest BCUT2D eigenvalue weighted by Crippen LogP contribution is 2.27. The number of hydrogen-bond acceptors (Lipinski definition) is 3. The summed E-state index contributed by atoms with van der Waals surface area (Å²) in [6, 6.07) is 9.29. The van der Waals surface area contributed by atoms with Gasteiger partial charge < -0.3 is 16.0 Å². The summed E-state index contributed by atoms with van der Waals surface area (Å²) in [6.07, 6.45) is 2.40. The Balaban J connectivity index is 1.62. The molecule has 4 nitrogen and oxygen atoms in total. The van der Waals surface area contributed by atoms with E-state index in [2.05, 4.69) is 10.2 Å². The Labute approximate surface area is 114 Å². The van der Waals surface area contributed by atoms with Crippen molar-refractivity contribution in [3.63, 3.8) is 0 Å². The molecule has 1 unspecified atom stereocenters. The second-order valence-corrected chi connectivity index (χ2v) is 5.64. The maximum atomic E-state index is 12.2. The Morgan fingerprint density at radius 2 is 1.95 bits per heavy atom. The minimum absolute atomic E-state index is 0.0510. The van der Waals surface area contributed by atoms with Crippen molar-refractivity contribution >= 4 is 5.91 Å². The molecule has 3 saturated heterocycles. The van der Waals surface area contributed by atoms with Crippen LogP contribution in [0.3, 0.4) is 0 Å². The highest BCUT2D eigenvalue weighted by molar-refractivity contribution is 5.83. The molecule has 3 fully saturated rings.